The minimum absolute atomic E-state index is 0.00834. The predicted molar refractivity (Wildman–Crippen MR) is 117 cm³/mol. The monoisotopic (exact) mass is 445 g/mol. The molecule has 2 aromatic carbocycles. The molecule has 1 heterocycles. The fraction of sp³-hybridized carbons (Fsp3) is 0.238. The first kappa shape index (κ1) is 21.9. The summed E-state index contributed by atoms with van der Waals surface area (Å²) in [5.74, 6) is -1.23. The lowest BCUT2D eigenvalue weighted by Gasteiger charge is -2.31. The van der Waals surface area contributed by atoms with Gasteiger partial charge in [-0.15, -0.1) is 0 Å². The van der Waals surface area contributed by atoms with Gasteiger partial charge in [0, 0.05) is 11.4 Å². The molecule has 1 aliphatic rings. The molecular weight excluding hydrogens is 426 g/mol. The van der Waals surface area contributed by atoms with Crippen LogP contribution in [0.5, 0.6) is 0 Å². The van der Waals surface area contributed by atoms with Crippen LogP contribution in [0.3, 0.4) is 0 Å². The van der Waals surface area contributed by atoms with Crippen LogP contribution in [0.25, 0.3) is 0 Å². The molecule has 0 aliphatic carbocycles. The first-order valence-electron chi connectivity index (χ1n) is 9.24. The summed E-state index contributed by atoms with van der Waals surface area (Å²) < 4.78 is 4.97. The maximum absolute atomic E-state index is 12.7. The number of amidine groups is 1. The highest BCUT2D eigenvalue weighted by Crippen LogP contribution is 2.30. The van der Waals surface area contributed by atoms with Gasteiger partial charge in [0.25, 0.3) is 0 Å². The normalized spacial score (nSPS) is 17.8. The summed E-state index contributed by atoms with van der Waals surface area (Å²) in [6, 6.07) is 13.6. The number of amides is 2. The molecule has 0 radical (unpaired) electrons. The quantitative estimate of drug-likeness (QED) is 0.685. The van der Waals surface area contributed by atoms with Crippen LogP contribution in [0.2, 0.25) is 5.02 Å². The van der Waals surface area contributed by atoms with E-state index >= 15 is 0 Å². The van der Waals surface area contributed by atoms with Crippen LogP contribution in [0, 0.1) is 0 Å². The smallest absolute Gasteiger partial charge is 0.338 e. The Hall–Kier alpha value is -2.84. The molecule has 30 heavy (non-hydrogen) atoms. The fourth-order valence-electron chi connectivity index (χ4n) is 2.78. The van der Waals surface area contributed by atoms with Gasteiger partial charge in [-0.25, -0.2) is 9.79 Å². The van der Waals surface area contributed by atoms with E-state index in [0.29, 0.717) is 21.4 Å². The first-order valence-corrected chi connectivity index (χ1v) is 10.5. The Morgan fingerprint density at radius 1 is 1.20 bits per heavy atom. The Labute approximate surface area is 183 Å². The molecule has 1 atom stereocenters. The highest BCUT2D eigenvalue weighted by Gasteiger charge is 2.34. The van der Waals surface area contributed by atoms with E-state index in [4.69, 9.17) is 22.1 Å². The van der Waals surface area contributed by atoms with Gasteiger partial charge in [-0.1, -0.05) is 35.5 Å². The lowest BCUT2D eigenvalue weighted by atomic mass is 10.2. The first-order chi connectivity index (χ1) is 14.4. The van der Waals surface area contributed by atoms with Gasteiger partial charge in [0.2, 0.25) is 11.8 Å². The van der Waals surface area contributed by atoms with Crippen LogP contribution in [0.4, 0.5) is 5.69 Å². The zero-order chi connectivity index (χ0) is 21.7. The van der Waals surface area contributed by atoms with Gasteiger partial charge >= 0.3 is 5.97 Å². The number of hydrogen-bond donors (Lipinski definition) is 1. The Kier molecular flexibility index (Phi) is 7.12. The van der Waals surface area contributed by atoms with Crippen molar-refractivity contribution in [2.45, 2.75) is 25.1 Å². The van der Waals surface area contributed by atoms with Crippen molar-refractivity contribution in [3.63, 3.8) is 0 Å². The summed E-state index contributed by atoms with van der Waals surface area (Å²) >= 11 is 7.09. The number of nitrogens with two attached hydrogens (primary N) is 1. The number of esters is 1. The molecule has 9 heteroatoms. The van der Waals surface area contributed by atoms with E-state index in [1.54, 1.807) is 43.3 Å². The second-order valence-corrected chi connectivity index (χ2v) is 8.09. The van der Waals surface area contributed by atoms with Gasteiger partial charge < -0.3 is 10.5 Å². The van der Waals surface area contributed by atoms with Crippen molar-refractivity contribution in [2.75, 3.05) is 6.61 Å². The minimum Gasteiger partial charge on any atom is -0.462 e. The molecule has 2 N–H and O–H groups in total. The second-order valence-electron chi connectivity index (χ2n) is 6.48. The molecule has 2 amide bonds. The van der Waals surface area contributed by atoms with Crippen LogP contribution in [0.15, 0.2) is 53.5 Å². The van der Waals surface area contributed by atoms with Gasteiger partial charge in [-0.05, 0) is 48.9 Å². The van der Waals surface area contributed by atoms with Crippen LogP contribution >= 0.6 is 23.4 Å². The molecule has 1 aliphatic heterocycles. The average Bonchev–Trinajstić information content (AvgIpc) is 2.72. The predicted octanol–water partition coefficient (Wildman–Crippen LogP) is 3.52. The van der Waals surface area contributed by atoms with E-state index in [-0.39, 0.29) is 25.5 Å². The number of nitrogens with zero attached hydrogens (tertiary/aromatic N) is 2. The highest BCUT2D eigenvalue weighted by molar-refractivity contribution is 8.15. The van der Waals surface area contributed by atoms with Crippen LogP contribution in [-0.2, 0) is 20.9 Å². The molecule has 0 bridgehead atoms. The van der Waals surface area contributed by atoms with E-state index in [9.17, 15) is 14.4 Å². The molecule has 0 spiro atoms. The number of primary amides is 1. The zero-order valence-corrected chi connectivity index (χ0v) is 17.8. The SMILES string of the molecule is CCOC(=O)c1ccc(N=C2SC(C(N)=O)CC(=O)N2Cc2ccc(Cl)cc2)cc1. The molecule has 0 saturated carbocycles. The zero-order valence-electron chi connectivity index (χ0n) is 16.2. The second kappa shape index (κ2) is 9.77. The topological polar surface area (TPSA) is 102 Å². The number of halogens is 1. The van der Waals surface area contributed by atoms with E-state index in [1.165, 1.54) is 4.90 Å². The molecule has 0 aromatic heterocycles. The fourth-order valence-corrected chi connectivity index (χ4v) is 3.95. The maximum atomic E-state index is 12.7. The Morgan fingerprint density at radius 3 is 2.47 bits per heavy atom. The third kappa shape index (κ3) is 5.40. The number of rotatable bonds is 6. The largest absolute Gasteiger partial charge is 0.462 e. The van der Waals surface area contributed by atoms with Crippen molar-refractivity contribution >= 4 is 52.0 Å². The number of hydrogen-bond acceptors (Lipinski definition) is 6. The van der Waals surface area contributed by atoms with Gasteiger partial charge in [-0.3, -0.25) is 14.5 Å². The molecular formula is C21H20ClN3O4S. The van der Waals surface area contributed by atoms with E-state index in [1.807, 2.05) is 12.1 Å². The number of aliphatic imine (C=N–C) groups is 1. The van der Waals surface area contributed by atoms with E-state index < -0.39 is 17.1 Å². The summed E-state index contributed by atoms with van der Waals surface area (Å²) in [6.07, 6.45) is 0.00834. The van der Waals surface area contributed by atoms with Gasteiger partial charge in [-0.2, -0.15) is 0 Å². The van der Waals surface area contributed by atoms with Crippen molar-refractivity contribution in [3.8, 4) is 0 Å². The average molecular weight is 446 g/mol. The summed E-state index contributed by atoms with van der Waals surface area (Å²) in [5.41, 5.74) is 7.24. The summed E-state index contributed by atoms with van der Waals surface area (Å²) in [6.45, 7) is 2.31. The number of carbonyl (C=O) groups is 3. The molecule has 7 nitrogen and oxygen atoms in total. The number of ether oxygens (including phenoxy) is 1. The van der Waals surface area contributed by atoms with E-state index in [2.05, 4.69) is 4.99 Å². The van der Waals surface area contributed by atoms with Crippen molar-refractivity contribution in [2.24, 2.45) is 10.7 Å². The molecule has 156 valence electrons. The molecule has 3 rings (SSSR count). The van der Waals surface area contributed by atoms with Crippen molar-refractivity contribution in [1.29, 1.82) is 0 Å². The number of benzene rings is 2. The molecule has 1 saturated heterocycles. The number of thioether (sulfide) groups is 1. The molecule has 1 unspecified atom stereocenters. The third-order valence-electron chi connectivity index (χ3n) is 4.31. The van der Waals surface area contributed by atoms with Crippen molar-refractivity contribution in [3.05, 3.63) is 64.7 Å². The van der Waals surface area contributed by atoms with Gasteiger partial charge in [0.1, 0.15) is 0 Å². The van der Waals surface area contributed by atoms with Gasteiger partial charge in [0.15, 0.2) is 5.17 Å². The maximum Gasteiger partial charge on any atom is 0.338 e. The van der Waals surface area contributed by atoms with E-state index in [0.717, 1.165) is 17.3 Å². The standard InChI is InChI=1S/C21H20ClN3O4S/c1-2-29-20(28)14-5-9-16(10-6-14)24-21-25(12-13-3-7-15(22)8-4-13)18(26)11-17(30-21)19(23)27/h3-10,17H,2,11-12H2,1H3,(H2,23,27). The summed E-state index contributed by atoms with van der Waals surface area (Å²) in [7, 11) is 0. The van der Waals surface area contributed by atoms with Crippen molar-refractivity contribution in [1.82, 2.24) is 4.90 Å². The summed E-state index contributed by atoms with van der Waals surface area (Å²) in [5, 5.41) is 0.285. The highest BCUT2D eigenvalue weighted by atomic mass is 35.5. The number of carbonyl (C=O) groups excluding carboxylic acids is 3. The minimum atomic E-state index is -0.684. The third-order valence-corrected chi connectivity index (χ3v) is 5.77. The van der Waals surface area contributed by atoms with Gasteiger partial charge in [0.05, 0.1) is 29.7 Å². The van der Waals surface area contributed by atoms with Crippen molar-refractivity contribution < 1.29 is 19.1 Å². The van der Waals surface area contributed by atoms with Crippen LogP contribution in [-0.4, -0.2) is 39.7 Å². The van der Waals surface area contributed by atoms with Crippen LogP contribution < -0.4 is 5.73 Å². The van der Waals surface area contributed by atoms with Crippen LogP contribution in [0.1, 0.15) is 29.3 Å². The Bertz CT molecular complexity index is 977. The summed E-state index contributed by atoms with van der Waals surface area (Å²) in [4.78, 5) is 42.3. The molecule has 2 aromatic rings. The lowest BCUT2D eigenvalue weighted by Crippen LogP contribution is -2.45. The Balaban J connectivity index is 1.88. The lowest BCUT2D eigenvalue weighted by molar-refractivity contribution is -0.130. The Morgan fingerprint density at radius 2 is 1.87 bits per heavy atom. The molecule has 1 fully saturated rings.